The van der Waals surface area contributed by atoms with Crippen LogP contribution >= 0.6 is 15.9 Å². The molecule has 0 amide bonds. The highest BCUT2D eigenvalue weighted by Crippen LogP contribution is 2.35. The van der Waals surface area contributed by atoms with Crippen molar-refractivity contribution >= 4 is 21.9 Å². The molecule has 0 saturated carbocycles. The number of carboxylic acids is 1. The largest absolute Gasteiger partial charge is 0.496 e. The van der Waals surface area contributed by atoms with Crippen molar-refractivity contribution in [2.75, 3.05) is 7.11 Å². The zero-order chi connectivity index (χ0) is 15.2. The number of aliphatic carboxylic acids is 1. The minimum Gasteiger partial charge on any atom is -0.496 e. The lowest BCUT2D eigenvalue weighted by Gasteiger charge is -2.28. The van der Waals surface area contributed by atoms with Gasteiger partial charge in [0.2, 0.25) is 0 Å². The van der Waals surface area contributed by atoms with Crippen LogP contribution in [0.4, 0.5) is 0 Å². The lowest BCUT2D eigenvalue weighted by atomic mass is 9.75. The van der Waals surface area contributed by atoms with E-state index in [-0.39, 0.29) is 0 Å². The van der Waals surface area contributed by atoms with Gasteiger partial charge < -0.3 is 9.84 Å². The first kappa shape index (κ1) is 17.0. The highest BCUT2D eigenvalue weighted by atomic mass is 79.9. The molecule has 0 aliphatic heterocycles. The van der Waals surface area contributed by atoms with Crippen LogP contribution in [0.1, 0.15) is 45.1 Å². The number of rotatable bonds is 8. The van der Waals surface area contributed by atoms with Gasteiger partial charge >= 0.3 is 5.97 Å². The minimum absolute atomic E-state index is 0.557. The molecular formula is C16H23BrO3. The smallest absolute Gasteiger partial charge is 0.309 e. The normalized spacial score (nSPS) is 13.8. The Bertz CT molecular complexity index is 459. The molecule has 4 heteroatoms. The molecule has 0 radical (unpaired) electrons. The van der Waals surface area contributed by atoms with Gasteiger partial charge in [-0.1, -0.05) is 32.8 Å². The van der Waals surface area contributed by atoms with E-state index < -0.39 is 11.4 Å². The van der Waals surface area contributed by atoms with Gasteiger partial charge in [-0.2, -0.15) is 0 Å². The van der Waals surface area contributed by atoms with Crippen molar-refractivity contribution in [3.63, 3.8) is 0 Å². The van der Waals surface area contributed by atoms with E-state index in [1.807, 2.05) is 25.1 Å². The van der Waals surface area contributed by atoms with Crippen LogP contribution in [0.25, 0.3) is 0 Å². The van der Waals surface area contributed by atoms with Gasteiger partial charge in [-0.15, -0.1) is 0 Å². The third kappa shape index (κ3) is 3.98. The Kier molecular flexibility index (Phi) is 6.53. The minimum atomic E-state index is -0.694. The number of carbonyl (C=O) groups is 1. The third-order valence-electron chi connectivity index (χ3n) is 3.90. The van der Waals surface area contributed by atoms with Gasteiger partial charge in [0.05, 0.1) is 17.0 Å². The first-order valence-electron chi connectivity index (χ1n) is 7.05. The Morgan fingerprint density at radius 1 is 1.40 bits per heavy atom. The second-order valence-corrected chi connectivity index (χ2v) is 6.04. The van der Waals surface area contributed by atoms with Crippen molar-refractivity contribution < 1.29 is 14.6 Å². The van der Waals surface area contributed by atoms with Crippen molar-refractivity contribution in [3.05, 3.63) is 28.2 Å². The van der Waals surface area contributed by atoms with Crippen molar-refractivity contribution in [1.29, 1.82) is 0 Å². The maximum Gasteiger partial charge on any atom is 0.309 e. The van der Waals surface area contributed by atoms with Crippen LogP contribution in [0.15, 0.2) is 22.7 Å². The number of unbranched alkanes of at least 4 members (excludes halogenated alkanes) is 1. The summed E-state index contributed by atoms with van der Waals surface area (Å²) >= 11 is 3.45. The van der Waals surface area contributed by atoms with Crippen molar-refractivity contribution in [2.24, 2.45) is 5.41 Å². The molecule has 0 aromatic heterocycles. The summed E-state index contributed by atoms with van der Waals surface area (Å²) in [5, 5.41) is 9.65. The van der Waals surface area contributed by atoms with Crippen LogP contribution in [-0.4, -0.2) is 18.2 Å². The van der Waals surface area contributed by atoms with Gasteiger partial charge in [-0.3, -0.25) is 4.79 Å². The summed E-state index contributed by atoms with van der Waals surface area (Å²) in [6.07, 6.45) is 3.88. The number of ether oxygens (including phenoxy) is 1. The first-order valence-corrected chi connectivity index (χ1v) is 7.84. The fourth-order valence-corrected chi connectivity index (χ4v) is 3.04. The molecule has 1 aromatic carbocycles. The lowest BCUT2D eigenvalue weighted by molar-refractivity contribution is -0.149. The molecule has 0 aliphatic carbocycles. The second kappa shape index (κ2) is 7.67. The summed E-state index contributed by atoms with van der Waals surface area (Å²) in [6, 6.07) is 5.78. The molecule has 0 heterocycles. The zero-order valence-corrected chi connectivity index (χ0v) is 14.0. The molecule has 1 aromatic rings. The second-order valence-electron chi connectivity index (χ2n) is 5.19. The Balaban J connectivity index is 3.00. The number of carboxylic acid groups (broad SMARTS) is 1. The Morgan fingerprint density at radius 2 is 2.10 bits per heavy atom. The van der Waals surface area contributed by atoms with E-state index in [2.05, 4.69) is 22.9 Å². The Labute approximate surface area is 129 Å². The summed E-state index contributed by atoms with van der Waals surface area (Å²) in [5.74, 6) is 0.0696. The van der Waals surface area contributed by atoms with E-state index in [0.717, 1.165) is 35.0 Å². The topological polar surface area (TPSA) is 46.5 Å². The van der Waals surface area contributed by atoms with E-state index in [9.17, 15) is 9.90 Å². The number of hydrogen-bond donors (Lipinski definition) is 1. The number of halogens is 1. The van der Waals surface area contributed by atoms with Crippen LogP contribution in [-0.2, 0) is 11.2 Å². The van der Waals surface area contributed by atoms with Crippen LogP contribution in [0.5, 0.6) is 5.75 Å². The average Bonchev–Trinajstić information content (AvgIpc) is 2.43. The maximum atomic E-state index is 11.7. The van der Waals surface area contributed by atoms with E-state index in [0.29, 0.717) is 12.8 Å². The van der Waals surface area contributed by atoms with Gasteiger partial charge in [0.15, 0.2) is 0 Å². The Morgan fingerprint density at radius 3 is 2.55 bits per heavy atom. The number of methoxy groups -OCH3 is 1. The van der Waals surface area contributed by atoms with Gasteiger partial charge in [-0.25, -0.2) is 0 Å². The monoisotopic (exact) mass is 342 g/mol. The van der Waals surface area contributed by atoms with Crippen LogP contribution < -0.4 is 4.74 Å². The molecule has 0 saturated heterocycles. The van der Waals surface area contributed by atoms with E-state index in [4.69, 9.17) is 4.74 Å². The SMILES string of the molecule is CCCCC(CC)(Cc1ccc(OC)c(Br)c1)C(=O)O. The van der Waals surface area contributed by atoms with E-state index in [1.165, 1.54) is 0 Å². The third-order valence-corrected chi connectivity index (χ3v) is 4.52. The van der Waals surface area contributed by atoms with E-state index in [1.54, 1.807) is 7.11 Å². The highest BCUT2D eigenvalue weighted by molar-refractivity contribution is 9.10. The molecule has 1 N–H and O–H groups in total. The number of benzene rings is 1. The summed E-state index contributed by atoms with van der Waals surface area (Å²) in [4.78, 5) is 11.7. The summed E-state index contributed by atoms with van der Waals surface area (Å²) in [7, 11) is 1.62. The predicted molar refractivity (Wildman–Crippen MR) is 84.3 cm³/mol. The first-order chi connectivity index (χ1) is 9.49. The molecule has 0 aliphatic rings. The molecule has 1 rings (SSSR count). The molecule has 3 nitrogen and oxygen atoms in total. The van der Waals surface area contributed by atoms with Crippen LogP contribution in [0.2, 0.25) is 0 Å². The highest BCUT2D eigenvalue weighted by Gasteiger charge is 2.36. The van der Waals surface area contributed by atoms with E-state index >= 15 is 0 Å². The quantitative estimate of drug-likeness (QED) is 0.746. The fraction of sp³-hybridized carbons (Fsp3) is 0.562. The molecular weight excluding hydrogens is 320 g/mol. The van der Waals surface area contributed by atoms with Crippen molar-refractivity contribution in [1.82, 2.24) is 0 Å². The predicted octanol–water partition coefficient (Wildman–Crippen LogP) is 4.67. The molecule has 0 fully saturated rings. The number of hydrogen-bond acceptors (Lipinski definition) is 2. The Hall–Kier alpha value is -1.03. The van der Waals surface area contributed by atoms with Crippen molar-refractivity contribution in [3.8, 4) is 5.75 Å². The average molecular weight is 343 g/mol. The summed E-state index contributed by atoms with van der Waals surface area (Å²) in [6.45, 7) is 4.05. The van der Waals surface area contributed by atoms with Gasteiger partial charge in [0.25, 0.3) is 0 Å². The molecule has 0 spiro atoms. The van der Waals surface area contributed by atoms with Gasteiger partial charge in [0.1, 0.15) is 5.75 Å². The molecule has 1 unspecified atom stereocenters. The molecule has 0 bridgehead atoms. The van der Waals surface area contributed by atoms with Crippen LogP contribution in [0.3, 0.4) is 0 Å². The summed E-state index contributed by atoms with van der Waals surface area (Å²) < 4.78 is 6.07. The maximum absolute atomic E-state index is 11.7. The summed E-state index contributed by atoms with van der Waals surface area (Å²) in [5.41, 5.74) is 0.363. The van der Waals surface area contributed by atoms with Gasteiger partial charge in [0, 0.05) is 0 Å². The molecule has 112 valence electrons. The standard InChI is InChI=1S/C16H23BrO3/c1-4-6-9-16(5-2,15(18)19)11-12-7-8-14(20-3)13(17)10-12/h7-8,10H,4-6,9,11H2,1-3H3,(H,18,19). The van der Waals surface area contributed by atoms with Crippen LogP contribution in [0, 0.1) is 5.41 Å². The molecule has 1 atom stereocenters. The van der Waals surface area contributed by atoms with Gasteiger partial charge in [-0.05, 0) is 52.9 Å². The fourth-order valence-electron chi connectivity index (χ4n) is 2.45. The lowest BCUT2D eigenvalue weighted by Crippen LogP contribution is -2.32. The molecule has 20 heavy (non-hydrogen) atoms. The van der Waals surface area contributed by atoms with Crippen molar-refractivity contribution in [2.45, 2.75) is 46.0 Å². The zero-order valence-electron chi connectivity index (χ0n) is 12.4.